The molecule has 304 valence electrons. The summed E-state index contributed by atoms with van der Waals surface area (Å²) in [5, 5.41) is 5.57. The Bertz CT molecular complexity index is 2100. The van der Waals surface area contributed by atoms with Gasteiger partial charge in [-0.15, -0.1) is 0 Å². The molecule has 3 aliphatic heterocycles. The Balaban J connectivity index is 1.26. The molecule has 7 rings (SSSR count). The number of alkyl halides is 1. The Morgan fingerprint density at radius 3 is 2.54 bits per heavy atom. The van der Waals surface area contributed by atoms with Gasteiger partial charge < -0.3 is 29.7 Å². The van der Waals surface area contributed by atoms with E-state index in [1.807, 2.05) is 12.2 Å². The monoisotopic (exact) mass is 798 g/mol. The van der Waals surface area contributed by atoms with Crippen molar-refractivity contribution in [3.8, 4) is 11.6 Å². The fourth-order valence-corrected chi connectivity index (χ4v) is 9.44. The van der Waals surface area contributed by atoms with Gasteiger partial charge in [-0.1, -0.05) is 25.0 Å². The molecule has 2 aliphatic carbocycles. The van der Waals surface area contributed by atoms with Gasteiger partial charge in [-0.3, -0.25) is 19.1 Å². The first-order valence-electron chi connectivity index (χ1n) is 19.3. The number of allylic oxidation sites excluding steroid dienone is 1. The van der Waals surface area contributed by atoms with Gasteiger partial charge in [0.25, 0.3) is 5.91 Å². The average Bonchev–Trinajstić information content (AvgIpc) is 4.01. The van der Waals surface area contributed by atoms with Gasteiger partial charge in [-0.2, -0.15) is 0 Å². The number of alkyl carbamates (subject to hydrolysis) is 1. The van der Waals surface area contributed by atoms with Crippen LogP contribution >= 0.6 is 0 Å². The third kappa shape index (κ3) is 7.50. The summed E-state index contributed by atoms with van der Waals surface area (Å²) >= 11 is 0. The number of sulfonamides is 1. The second kappa shape index (κ2) is 14.1. The first kappa shape index (κ1) is 39.7. The highest BCUT2D eigenvalue weighted by Crippen LogP contribution is 2.51. The van der Waals surface area contributed by atoms with Crippen LogP contribution in [0.5, 0.6) is 11.6 Å². The summed E-state index contributed by atoms with van der Waals surface area (Å²) in [6.45, 7) is 8.12. The lowest BCUT2D eigenvalue weighted by Crippen LogP contribution is -2.58. The Morgan fingerprint density at radius 1 is 1.09 bits per heavy atom. The highest BCUT2D eigenvalue weighted by molar-refractivity contribution is 7.91. The van der Waals surface area contributed by atoms with Crippen LogP contribution in [0.25, 0.3) is 11.0 Å². The number of carbonyl (C=O) groups is 4. The number of hydrogen-bond acceptors (Lipinski definition) is 11. The zero-order valence-electron chi connectivity index (χ0n) is 32.7. The number of methoxy groups -OCH3 is 1. The van der Waals surface area contributed by atoms with Crippen molar-refractivity contribution in [3.05, 3.63) is 35.5 Å². The van der Waals surface area contributed by atoms with Crippen molar-refractivity contribution in [2.24, 2.45) is 5.92 Å². The maximum atomic E-state index is 16.7. The number of carbonyl (C=O) groups excluding carboxylic acids is 4. The quantitative estimate of drug-likeness (QED) is 0.364. The Hall–Kier alpha value is -4.54. The second-order valence-electron chi connectivity index (χ2n) is 17.2. The van der Waals surface area contributed by atoms with Crippen LogP contribution in [0.2, 0.25) is 0 Å². The van der Waals surface area contributed by atoms with Gasteiger partial charge in [0.15, 0.2) is 0 Å². The minimum absolute atomic E-state index is 0.146. The third-order valence-electron chi connectivity index (χ3n) is 11.7. The van der Waals surface area contributed by atoms with E-state index in [1.165, 1.54) is 12.0 Å². The van der Waals surface area contributed by atoms with E-state index in [1.54, 1.807) is 46.8 Å². The summed E-state index contributed by atoms with van der Waals surface area (Å²) in [6, 6.07) is 0.917. The van der Waals surface area contributed by atoms with Crippen molar-refractivity contribution in [1.29, 1.82) is 0 Å². The third-order valence-corrected chi connectivity index (χ3v) is 13.8. The van der Waals surface area contributed by atoms with E-state index in [0.717, 1.165) is 6.42 Å². The van der Waals surface area contributed by atoms with E-state index in [9.17, 15) is 27.6 Å². The molecule has 3 fully saturated rings. The number of hydrogen-bond donors (Lipinski definition) is 3. The van der Waals surface area contributed by atoms with E-state index in [4.69, 9.17) is 14.2 Å². The van der Waals surface area contributed by atoms with Crippen LogP contribution in [-0.2, 0) is 29.1 Å². The van der Waals surface area contributed by atoms with E-state index in [2.05, 4.69) is 25.3 Å². The molecule has 5 heterocycles. The molecule has 1 saturated heterocycles. The van der Waals surface area contributed by atoms with E-state index in [-0.39, 0.29) is 54.9 Å². The van der Waals surface area contributed by atoms with Crippen molar-refractivity contribution in [1.82, 2.24) is 30.2 Å². The van der Waals surface area contributed by atoms with Crippen molar-refractivity contribution in [2.75, 3.05) is 13.7 Å². The Labute approximate surface area is 325 Å². The van der Waals surface area contributed by atoms with Crippen molar-refractivity contribution >= 4 is 44.9 Å². The van der Waals surface area contributed by atoms with Crippen LogP contribution in [0.1, 0.15) is 109 Å². The van der Waals surface area contributed by atoms with Gasteiger partial charge in [0.1, 0.15) is 46.3 Å². The van der Waals surface area contributed by atoms with Crippen LogP contribution in [0, 0.1) is 12.8 Å². The minimum atomic E-state index is -4.04. The number of rotatable bonds is 5. The molecule has 4 amide bonds. The summed E-state index contributed by atoms with van der Waals surface area (Å²) in [5.41, 5.74) is -2.58. The van der Waals surface area contributed by atoms with E-state index in [0.29, 0.717) is 43.3 Å². The van der Waals surface area contributed by atoms with Crippen molar-refractivity contribution in [2.45, 2.75) is 139 Å². The van der Waals surface area contributed by atoms with Crippen LogP contribution in [0.3, 0.4) is 0 Å². The molecular formula is C39H51FN6O9S. The van der Waals surface area contributed by atoms with Gasteiger partial charge in [-0.25, -0.2) is 27.6 Å². The topological polar surface area (TPSA) is 195 Å². The van der Waals surface area contributed by atoms with Gasteiger partial charge >= 0.3 is 6.09 Å². The van der Waals surface area contributed by atoms with Gasteiger partial charge in [-0.05, 0) is 79.2 Å². The minimum Gasteiger partial charge on any atom is -0.483 e. The standard InChI is InChI=1S/C39H51FN6O9S/c1-22-31-29(30-25(41-22)14-15-28(43-30)53-6)24(40)19-38(54-31)20-27-32(47)44-39(34(49)45-56(51,52)37(5)16-17-37)18-23(39)12-10-8-7-9-11-13-26(33(48)46(27)21-38)42-35(50)55-36(2,3)4/h10,12,14-15,23-24,26-27H,7-9,11,13,16-21H2,1-6H3,(H,42,50)(H,44,47)(H,45,49)/b12-10-/t23-,24-,26+,27+,38-,39-/m1/s1. The Kier molecular flexibility index (Phi) is 10.0. The molecule has 0 aromatic carbocycles. The number of ether oxygens (including phenoxy) is 3. The number of nitrogens with one attached hydrogen (secondary N) is 3. The fourth-order valence-electron chi connectivity index (χ4n) is 8.13. The number of nitrogens with zero attached hydrogens (tertiary/aromatic N) is 3. The van der Waals surface area contributed by atoms with Gasteiger partial charge in [0.2, 0.25) is 27.7 Å². The average molecular weight is 799 g/mol. The second-order valence-corrected chi connectivity index (χ2v) is 19.4. The molecule has 2 aromatic rings. The van der Waals surface area contributed by atoms with Crippen molar-refractivity contribution < 1.29 is 46.2 Å². The first-order valence-corrected chi connectivity index (χ1v) is 20.8. The molecule has 0 radical (unpaired) electrons. The lowest BCUT2D eigenvalue weighted by Gasteiger charge is -2.38. The summed E-state index contributed by atoms with van der Waals surface area (Å²) in [6.07, 6.45) is 4.76. The summed E-state index contributed by atoms with van der Waals surface area (Å²) in [7, 11) is -2.59. The number of aromatic nitrogens is 2. The highest BCUT2D eigenvalue weighted by Gasteiger charge is 2.64. The molecule has 1 spiro atoms. The van der Waals surface area contributed by atoms with Gasteiger partial charge in [0, 0.05) is 24.8 Å². The smallest absolute Gasteiger partial charge is 0.408 e. The first-order chi connectivity index (χ1) is 26.3. The van der Waals surface area contributed by atoms with Crippen LogP contribution in [0.15, 0.2) is 24.3 Å². The molecule has 0 bridgehead atoms. The van der Waals surface area contributed by atoms with E-state index < -0.39 is 79.5 Å². The number of aryl methyl sites for hydroxylation is 1. The SMILES string of the molecule is COc1ccc2nc(C)c3c(c2n1)[C@H](F)C[C@]1(C[C@H]2C(=O)N[C@]4(C(=O)NS(=O)(=O)C5(C)CC5)C[C@H]4/C=C\CCCCC[C@H](NC(=O)OC(C)(C)C)C(=O)N2C1)O3. The van der Waals surface area contributed by atoms with Crippen LogP contribution in [0.4, 0.5) is 9.18 Å². The highest BCUT2D eigenvalue weighted by atomic mass is 32.2. The fraction of sp³-hybridized carbons (Fsp3) is 0.641. The molecule has 2 aromatic heterocycles. The molecule has 6 atom stereocenters. The van der Waals surface area contributed by atoms with Gasteiger partial charge in [0.05, 0.1) is 35.2 Å². The number of fused-ring (bicyclic) bond motifs is 5. The number of amides is 4. The zero-order chi connectivity index (χ0) is 40.4. The maximum Gasteiger partial charge on any atom is 0.408 e. The molecule has 15 nitrogen and oxygen atoms in total. The largest absolute Gasteiger partial charge is 0.483 e. The molecule has 56 heavy (non-hydrogen) atoms. The summed E-state index contributed by atoms with van der Waals surface area (Å²) in [4.78, 5) is 66.7. The summed E-state index contributed by atoms with van der Waals surface area (Å²) in [5.74, 6) is -2.26. The summed E-state index contributed by atoms with van der Waals surface area (Å²) < 4.78 is 61.8. The lowest BCUT2D eigenvalue weighted by atomic mass is 9.86. The predicted molar refractivity (Wildman–Crippen MR) is 202 cm³/mol. The Morgan fingerprint density at radius 2 is 1.84 bits per heavy atom. The van der Waals surface area contributed by atoms with Crippen LogP contribution < -0.4 is 24.8 Å². The van der Waals surface area contributed by atoms with Crippen molar-refractivity contribution in [3.63, 3.8) is 0 Å². The zero-order valence-corrected chi connectivity index (χ0v) is 33.5. The number of halogens is 1. The molecule has 17 heteroatoms. The predicted octanol–water partition coefficient (Wildman–Crippen LogP) is 4.37. The maximum absolute atomic E-state index is 16.7. The molecule has 3 N–H and O–H groups in total. The van der Waals surface area contributed by atoms with Crippen LogP contribution in [-0.4, -0.2) is 94.3 Å². The molecule has 5 aliphatic rings. The molecule has 0 unspecified atom stereocenters. The number of pyridine rings is 2. The normalized spacial score (nSPS) is 30.7. The lowest BCUT2D eigenvalue weighted by molar-refractivity contribution is -0.141. The molecular weight excluding hydrogens is 748 g/mol. The molecule has 2 saturated carbocycles. The van der Waals surface area contributed by atoms with E-state index >= 15 is 4.39 Å².